The molecule has 9 heteroatoms. The lowest BCUT2D eigenvalue weighted by molar-refractivity contribution is 0.102. The van der Waals surface area contributed by atoms with Crippen LogP contribution in [0.4, 0.5) is 5.13 Å². The zero-order chi connectivity index (χ0) is 21.6. The van der Waals surface area contributed by atoms with Crippen LogP contribution in [0.1, 0.15) is 73.7 Å². The molecule has 0 atom stereocenters. The topological polar surface area (TPSA) is 92.3 Å². The Labute approximate surface area is 183 Å². The minimum Gasteiger partial charge on any atom is -0.296 e. The van der Waals surface area contributed by atoms with E-state index in [4.69, 9.17) is 0 Å². The van der Waals surface area contributed by atoms with Crippen LogP contribution in [0.5, 0.6) is 0 Å². The lowest BCUT2D eigenvalue weighted by Gasteiger charge is -2.30. The predicted molar refractivity (Wildman–Crippen MR) is 119 cm³/mol. The van der Waals surface area contributed by atoms with E-state index in [1.54, 1.807) is 19.2 Å². The SMILES string of the molecule is CCCCCc1nnc(NC(=O)c2ccc(S(=O)(=O)N(C)C3CCCCC3)cc2)s1. The van der Waals surface area contributed by atoms with Crippen LogP contribution >= 0.6 is 11.3 Å². The summed E-state index contributed by atoms with van der Waals surface area (Å²) in [5.74, 6) is -0.323. The van der Waals surface area contributed by atoms with Gasteiger partial charge in [-0.1, -0.05) is 50.4 Å². The van der Waals surface area contributed by atoms with E-state index >= 15 is 0 Å². The van der Waals surface area contributed by atoms with Crippen molar-refractivity contribution in [1.29, 1.82) is 0 Å². The lowest BCUT2D eigenvalue weighted by Crippen LogP contribution is -2.38. The molecule has 0 spiro atoms. The minimum atomic E-state index is -3.57. The molecule has 164 valence electrons. The maximum absolute atomic E-state index is 12.9. The molecule has 7 nitrogen and oxygen atoms in total. The molecule has 1 aliphatic rings. The molecule has 0 bridgehead atoms. The average Bonchev–Trinajstić information content (AvgIpc) is 3.21. The van der Waals surface area contributed by atoms with Crippen LogP contribution in [-0.2, 0) is 16.4 Å². The van der Waals surface area contributed by atoms with E-state index in [2.05, 4.69) is 22.4 Å². The van der Waals surface area contributed by atoms with Crippen molar-refractivity contribution in [2.24, 2.45) is 0 Å². The summed E-state index contributed by atoms with van der Waals surface area (Å²) in [6.45, 7) is 2.15. The van der Waals surface area contributed by atoms with Crippen LogP contribution in [0, 0.1) is 0 Å². The number of nitrogens with one attached hydrogen (secondary N) is 1. The number of nitrogens with zero attached hydrogens (tertiary/aromatic N) is 3. The summed E-state index contributed by atoms with van der Waals surface area (Å²) in [6, 6.07) is 6.13. The number of hydrogen-bond acceptors (Lipinski definition) is 6. The first-order valence-electron chi connectivity index (χ1n) is 10.6. The fourth-order valence-electron chi connectivity index (χ4n) is 3.69. The summed E-state index contributed by atoms with van der Waals surface area (Å²) >= 11 is 1.38. The molecule has 1 N–H and O–H groups in total. The molecule has 30 heavy (non-hydrogen) atoms. The highest BCUT2D eigenvalue weighted by Gasteiger charge is 2.29. The predicted octanol–water partition coefficient (Wildman–Crippen LogP) is 4.48. The molecule has 0 saturated heterocycles. The number of aryl methyl sites for hydroxylation is 1. The minimum absolute atomic E-state index is 0.0515. The van der Waals surface area contributed by atoms with Gasteiger partial charge in [0.2, 0.25) is 15.2 Å². The van der Waals surface area contributed by atoms with E-state index in [1.807, 2.05) is 0 Å². The zero-order valence-electron chi connectivity index (χ0n) is 17.6. The largest absolute Gasteiger partial charge is 0.296 e. The Morgan fingerprint density at radius 1 is 1.13 bits per heavy atom. The van der Waals surface area contributed by atoms with E-state index in [1.165, 1.54) is 34.2 Å². The Morgan fingerprint density at radius 2 is 1.83 bits per heavy atom. The second kappa shape index (κ2) is 10.5. The molecule has 0 unspecified atom stereocenters. The van der Waals surface area contributed by atoms with Crippen molar-refractivity contribution in [2.45, 2.75) is 75.6 Å². The van der Waals surface area contributed by atoms with Gasteiger partial charge in [-0.05, 0) is 43.5 Å². The molecule has 3 rings (SSSR count). The molecule has 1 amide bonds. The molecule has 1 fully saturated rings. The van der Waals surface area contributed by atoms with Gasteiger partial charge in [0.25, 0.3) is 5.91 Å². The maximum Gasteiger partial charge on any atom is 0.257 e. The van der Waals surface area contributed by atoms with Crippen LogP contribution in [0.15, 0.2) is 29.2 Å². The number of rotatable bonds is 9. The Balaban J connectivity index is 1.62. The van der Waals surface area contributed by atoms with Crippen molar-refractivity contribution in [1.82, 2.24) is 14.5 Å². The van der Waals surface area contributed by atoms with Gasteiger partial charge in [-0.2, -0.15) is 4.31 Å². The number of anilines is 1. The molecule has 2 aromatic rings. The number of unbranched alkanes of at least 4 members (excludes halogenated alkanes) is 2. The standard InChI is InChI=1S/C21H30N4O3S2/c1-3-4-6-11-19-23-24-21(29-19)22-20(26)16-12-14-18(15-13-16)30(27,28)25(2)17-9-7-5-8-10-17/h12-15,17H,3-11H2,1-2H3,(H,22,24,26). The summed E-state index contributed by atoms with van der Waals surface area (Å²) in [4.78, 5) is 12.7. The van der Waals surface area contributed by atoms with Gasteiger partial charge in [0.05, 0.1) is 4.90 Å². The maximum atomic E-state index is 12.9. The normalized spacial score (nSPS) is 15.4. The van der Waals surface area contributed by atoms with Gasteiger partial charge >= 0.3 is 0 Å². The van der Waals surface area contributed by atoms with Crippen LogP contribution in [0.3, 0.4) is 0 Å². The van der Waals surface area contributed by atoms with E-state index in [0.29, 0.717) is 10.7 Å². The number of carbonyl (C=O) groups excluding carboxylic acids is 1. The monoisotopic (exact) mass is 450 g/mol. The fraction of sp³-hybridized carbons (Fsp3) is 0.571. The molecule has 1 heterocycles. The first kappa shape index (κ1) is 22.8. The Kier molecular flexibility index (Phi) is 7.96. The van der Waals surface area contributed by atoms with Crippen molar-refractivity contribution in [3.05, 3.63) is 34.8 Å². The van der Waals surface area contributed by atoms with Crippen LogP contribution in [0.2, 0.25) is 0 Å². The summed E-state index contributed by atoms with van der Waals surface area (Å²) < 4.78 is 27.3. The number of aromatic nitrogens is 2. The second-order valence-corrected chi connectivity index (χ2v) is 10.8. The van der Waals surface area contributed by atoms with Gasteiger partial charge in [0.1, 0.15) is 5.01 Å². The second-order valence-electron chi connectivity index (χ2n) is 7.75. The highest BCUT2D eigenvalue weighted by atomic mass is 32.2. The highest BCUT2D eigenvalue weighted by Crippen LogP contribution is 2.26. The van der Waals surface area contributed by atoms with Gasteiger partial charge in [-0.25, -0.2) is 8.42 Å². The third-order valence-corrected chi connectivity index (χ3v) is 8.39. The number of carbonyl (C=O) groups is 1. The quantitative estimate of drug-likeness (QED) is 0.569. The molecule has 1 aromatic carbocycles. The molecule has 1 aliphatic carbocycles. The van der Waals surface area contributed by atoms with Gasteiger partial charge in [0.15, 0.2) is 0 Å². The fourth-order valence-corrected chi connectivity index (χ4v) is 5.88. The number of sulfonamides is 1. The Bertz CT molecular complexity index is 935. The van der Waals surface area contributed by atoms with Gasteiger partial charge in [-0.3, -0.25) is 10.1 Å². The number of amides is 1. The van der Waals surface area contributed by atoms with Crippen molar-refractivity contribution < 1.29 is 13.2 Å². The van der Waals surface area contributed by atoms with Gasteiger partial charge < -0.3 is 0 Å². The average molecular weight is 451 g/mol. The summed E-state index contributed by atoms with van der Waals surface area (Å²) in [5.41, 5.74) is 0.386. The summed E-state index contributed by atoms with van der Waals surface area (Å²) in [6.07, 6.45) is 9.31. The molecule has 1 aromatic heterocycles. The summed E-state index contributed by atoms with van der Waals surface area (Å²) in [5, 5.41) is 12.3. The van der Waals surface area contributed by atoms with E-state index in [-0.39, 0.29) is 16.8 Å². The van der Waals surface area contributed by atoms with Crippen LogP contribution in [0.25, 0.3) is 0 Å². The van der Waals surface area contributed by atoms with Crippen molar-refractivity contribution in [2.75, 3.05) is 12.4 Å². The first-order valence-corrected chi connectivity index (χ1v) is 12.9. The molecule has 0 aliphatic heterocycles. The third kappa shape index (κ3) is 5.65. The van der Waals surface area contributed by atoms with Crippen molar-refractivity contribution in [3.8, 4) is 0 Å². The number of hydrogen-bond donors (Lipinski definition) is 1. The van der Waals surface area contributed by atoms with E-state index in [0.717, 1.165) is 56.4 Å². The van der Waals surface area contributed by atoms with Crippen molar-refractivity contribution >= 4 is 32.4 Å². The van der Waals surface area contributed by atoms with Gasteiger partial charge in [0, 0.05) is 25.1 Å². The van der Waals surface area contributed by atoms with Gasteiger partial charge in [-0.15, -0.1) is 10.2 Å². The van der Waals surface area contributed by atoms with Crippen LogP contribution < -0.4 is 5.32 Å². The zero-order valence-corrected chi connectivity index (χ0v) is 19.3. The highest BCUT2D eigenvalue weighted by molar-refractivity contribution is 7.89. The smallest absolute Gasteiger partial charge is 0.257 e. The number of benzene rings is 1. The first-order chi connectivity index (χ1) is 14.4. The molecule has 0 radical (unpaired) electrons. The van der Waals surface area contributed by atoms with E-state index < -0.39 is 10.0 Å². The van der Waals surface area contributed by atoms with Crippen molar-refractivity contribution in [3.63, 3.8) is 0 Å². The Morgan fingerprint density at radius 3 is 2.50 bits per heavy atom. The molecule has 1 saturated carbocycles. The molecular formula is C21H30N4O3S2. The Hall–Kier alpha value is -1.84. The molecular weight excluding hydrogens is 420 g/mol. The lowest BCUT2D eigenvalue weighted by atomic mass is 9.96. The van der Waals surface area contributed by atoms with Crippen LogP contribution in [-0.4, -0.2) is 41.9 Å². The third-order valence-electron chi connectivity index (χ3n) is 5.56. The van der Waals surface area contributed by atoms with E-state index in [9.17, 15) is 13.2 Å². The summed E-state index contributed by atoms with van der Waals surface area (Å²) in [7, 11) is -1.91.